The Labute approximate surface area is 141 Å². The minimum Gasteiger partial charge on any atom is -0.478 e. The second kappa shape index (κ2) is 7.51. The number of hydrogen-bond acceptors (Lipinski definition) is 3. The Kier molecular flexibility index (Phi) is 6.21. The van der Waals surface area contributed by atoms with Crippen LogP contribution in [0.1, 0.15) is 40.2 Å². The topological polar surface area (TPSA) is 66.8 Å². The van der Waals surface area contributed by atoms with Crippen LogP contribution in [0.25, 0.3) is 5.57 Å². The van der Waals surface area contributed by atoms with Crippen molar-refractivity contribution >= 4 is 29.2 Å². The number of benzene rings is 1. The molecular weight excluding hydrogens is 318 g/mol. The molecule has 1 aromatic rings. The maximum atomic E-state index is 12.3. The van der Waals surface area contributed by atoms with E-state index in [0.717, 1.165) is 0 Å². The van der Waals surface area contributed by atoms with Gasteiger partial charge in [0, 0.05) is 17.3 Å². The first-order valence-electron chi connectivity index (χ1n) is 7.23. The molecule has 0 radical (unpaired) electrons. The van der Waals surface area contributed by atoms with Crippen molar-refractivity contribution < 1.29 is 19.4 Å². The number of ether oxygens (including phenoxy) is 1. The highest BCUT2D eigenvalue weighted by molar-refractivity contribution is 6.30. The fraction of sp³-hybridized carbons (Fsp3) is 0.412. The van der Waals surface area contributed by atoms with Gasteiger partial charge in [0.1, 0.15) is 5.60 Å². The largest absolute Gasteiger partial charge is 0.478 e. The van der Waals surface area contributed by atoms with E-state index in [0.29, 0.717) is 10.6 Å². The minimum atomic E-state index is -1.14. The quantitative estimate of drug-likeness (QED) is 0.825. The van der Waals surface area contributed by atoms with Crippen molar-refractivity contribution in [3.63, 3.8) is 0 Å². The maximum Gasteiger partial charge on any atom is 0.414 e. The molecule has 1 aromatic carbocycles. The number of carboxylic acids is 1. The molecule has 0 aromatic heterocycles. The molecule has 0 aliphatic rings. The molecule has 0 heterocycles. The SMILES string of the molecule is CC(C)N(C=C(C(=O)O)c1ccc(Cl)cc1)C(=O)OC(C)(C)C. The number of rotatable bonds is 4. The lowest BCUT2D eigenvalue weighted by Gasteiger charge is -2.28. The van der Waals surface area contributed by atoms with Crippen molar-refractivity contribution in [2.75, 3.05) is 0 Å². The molecule has 0 saturated heterocycles. The third-order valence-electron chi connectivity index (χ3n) is 2.81. The van der Waals surface area contributed by atoms with Crippen LogP contribution < -0.4 is 0 Å². The maximum absolute atomic E-state index is 12.3. The highest BCUT2D eigenvalue weighted by Crippen LogP contribution is 2.21. The predicted octanol–water partition coefficient (Wildman–Crippen LogP) is 4.41. The summed E-state index contributed by atoms with van der Waals surface area (Å²) in [7, 11) is 0. The Bertz CT molecular complexity index is 600. The molecule has 0 bridgehead atoms. The molecule has 0 aliphatic carbocycles. The van der Waals surface area contributed by atoms with Crippen molar-refractivity contribution in [2.45, 2.75) is 46.3 Å². The summed E-state index contributed by atoms with van der Waals surface area (Å²) in [6.45, 7) is 8.82. The molecule has 0 fully saturated rings. The van der Waals surface area contributed by atoms with Gasteiger partial charge in [-0.25, -0.2) is 9.59 Å². The van der Waals surface area contributed by atoms with Crippen LogP contribution in [-0.2, 0) is 9.53 Å². The van der Waals surface area contributed by atoms with Crippen molar-refractivity contribution in [1.82, 2.24) is 4.90 Å². The van der Waals surface area contributed by atoms with Crippen LogP contribution in [-0.4, -0.2) is 33.7 Å². The number of hydrogen-bond donors (Lipinski definition) is 1. The van der Waals surface area contributed by atoms with Gasteiger partial charge in [-0.15, -0.1) is 0 Å². The number of nitrogens with zero attached hydrogens (tertiary/aromatic N) is 1. The Hall–Kier alpha value is -2.01. The van der Waals surface area contributed by atoms with E-state index in [9.17, 15) is 14.7 Å². The van der Waals surface area contributed by atoms with Crippen molar-refractivity contribution in [3.05, 3.63) is 41.1 Å². The average Bonchev–Trinajstić information content (AvgIpc) is 2.38. The van der Waals surface area contributed by atoms with Gasteiger partial charge in [0.25, 0.3) is 0 Å². The Morgan fingerprint density at radius 2 is 1.74 bits per heavy atom. The molecule has 0 spiro atoms. The molecule has 1 amide bonds. The number of carbonyl (C=O) groups is 2. The number of amides is 1. The Balaban J connectivity index is 3.22. The van der Waals surface area contributed by atoms with Gasteiger partial charge in [0.05, 0.1) is 5.57 Å². The molecule has 126 valence electrons. The molecule has 1 rings (SSSR count). The molecule has 0 atom stereocenters. The van der Waals surface area contributed by atoms with E-state index >= 15 is 0 Å². The average molecular weight is 340 g/mol. The molecule has 6 heteroatoms. The number of carboxylic acid groups (broad SMARTS) is 1. The zero-order valence-corrected chi connectivity index (χ0v) is 14.7. The van der Waals surface area contributed by atoms with Gasteiger partial charge in [-0.3, -0.25) is 4.90 Å². The smallest absolute Gasteiger partial charge is 0.414 e. The summed E-state index contributed by atoms with van der Waals surface area (Å²) in [6, 6.07) is 6.12. The minimum absolute atomic E-state index is 0.0128. The van der Waals surface area contributed by atoms with E-state index in [-0.39, 0.29) is 11.6 Å². The predicted molar refractivity (Wildman–Crippen MR) is 90.3 cm³/mol. The lowest BCUT2D eigenvalue weighted by Crippen LogP contribution is -2.37. The second-order valence-corrected chi connectivity index (χ2v) is 6.77. The Morgan fingerprint density at radius 3 is 2.13 bits per heavy atom. The van der Waals surface area contributed by atoms with Crippen LogP contribution in [0.15, 0.2) is 30.5 Å². The van der Waals surface area contributed by atoms with Gasteiger partial charge in [-0.05, 0) is 52.3 Å². The first-order chi connectivity index (χ1) is 10.5. The van der Waals surface area contributed by atoms with E-state index in [1.165, 1.54) is 11.1 Å². The van der Waals surface area contributed by atoms with Gasteiger partial charge in [0.15, 0.2) is 0 Å². The fourth-order valence-electron chi connectivity index (χ4n) is 1.75. The van der Waals surface area contributed by atoms with Crippen LogP contribution in [0.3, 0.4) is 0 Å². The van der Waals surface area contributed by atoms with E-state index in [4.69, 9.17) is 16.3 Å². The second-order valence-electron chi connectivity index (χ2n) is 6.34. The summed E-state index contributed by atoms with van der Waals surface area (Å²) in [5.41, 5.74) is -0.223. The van der Waals surface area contributed by atoms with Crippen LogP contribution in [0.4, 0.5) is 4.79 Å². The van der Waals surface area contributed by atoms with Gasteiger partial charge in [0.2, 0.25) is 0 Å². The fourth-order valence-corrected chi connectivity index (χ4v) is 1.87. The van der Waals surface area contributed by atoms with E-state index in [1.54, 1.807) is 58.9 Å². The first-order valence-corrected chi connectivity index (χ1v) is 7.61. The van der Waals surface area contributed by atoms with E-state index in [1.807, 2.05) is 0 Å². The molecule has 23 heavy (non-hydrogen) atoms. The standard InChI is InChI=1S/C17H22ClNO4/c1-11(2)19(16(22)23-17(3,4)5)10-14(15(20)21)12-6-8-13(18)9-7-12/h6-11H,1-5H3,(H,20,21). The number of halogens is 1. The van der Waals surface area contributed by atoms with Crippen molar-refractivity contribution in [2.24, 2.45) is 0 Å². The van der Waals surface area contributed by atoms with Crippen molar-refractivity contribution in [3.8, 4) is 0 Å². The van der Waals surface area contributed by atoms with Crippen LogP contribution in [0.5, 0.6) is 0 Å². The zero-order chi connectivity index (χ0) is 17.8. The number of aliphatic carboxylic acids is 1. The van der Waals surface area contributed by atoms with E-state index < -0.39 is 17.7 Å². The molecule has 1 N–H and O–H groups in total. The lowest BCUT2D eigenvalue weighted by atomic mass is 10.1. The van der Waals surface area contributed by atoms with E-state index in [2.05, 4.69) is 0 Å². The lowest BCUT2D eigenvalue weighted by molar-refractivity contribution is -0.130. The monoisotopic (exact) mass is 339 g/mol. The van der Waals surface area contributed by atoms with Crippen LogP contribution in [0, 0.1) is 0 Å². The molecule has 5 nitrogen and oxygen atoms in total. The first kappa shape index (κ1) is 19.0. The third kappa shape index (κ3) is 5.94. The molecule has 0 unspecified atom stereocenters. The summed E-state index contributed by atoms with van der Waals surface area (Å²) in [4.78, 5) is 25.1. The Morgan fingerprint density at radius 1 is 1.22 bits per heavy atom. The van der Waals surface area contributed by atoms with Gasteiger partial charge >= 0.3 is 12.1 Å². The number of carbonyl (C=O) groups excluding carboxylic acids is 1. The van der Waals surface area contributed by atoms with Crippen LogP contribution in [0.2, 0.25) is 5.02 Å². The summed E-state index contributed by atoms with van der Waals surface area (Å²) >= 11 is 5.82. The molecule has 0 saturated carbocycles. The molecular formula is C17H22ClNO4. The van der Waals surface area contributed by atoms with Gasteiger partial charge in [-0.1, -0.05) is 23.7 Å². The van der Waals surface area contributed by atoms with Gasteiger partial charge in [-0.2, -0.15) is 0 Å². The van der Waals surface area contributed by atoms with Crippen molar-refractivity contribution in [1.29, 1.82) is 0 Å². The summed E-state index contributed by atoms with van der Waals surface area (Å²) < 4.78 is 5.33. The summed E-state index contributed by atoms with van der Waals surface area (Å²) in [5.74, 6) is -1.14. The highest BCUT2D eigenvalue weighted by Gasteiger charge is 2.24. The molecule has 0 aliphatic heterocycles. The highest BCUT2D eigenvalue weighted by atomic mass is 35.5. The summed E-state index contributed by atoms with van der Waals surface area (Å²) in [5, 5.41) is 9.97. The summed E-state index contributed by atoms with van der Waals surface area (Å²) in [6.07, 6.45) is 0.699. The van der Waals surface area contributed by atoms with Crippen LogP contribution >= 0.6 is 11.6 Å². The normalized spacial score (nSPS) is 12.2. The van der Waals surface area contributed by atoms with Gasteiger partial charge < -0.3 is 9.84 Å². The zero-order valence-electron chi connectivity index (χ0n) is 14.0. The third-order valence-corrected chi connectivity index (χ3v) is 3.07.